The third-order valence-electron chi connectivity index (χ3n) is 3.25. The van der Waals surface area contributed by atoms with Crippen molar-refractivity contribution in [3.8, 4) is 5.88 Å². The molecule has 2 rings (SSSR count). The Balaban J connectivity index is 2.15. The van der Waals surface area contributed by atoms with Gasteiger partial charge in [0.05, 0.1) is 10.9 Å². The van der Waals surface area contributed by atoms with Crippen molar-refractivity contribution in [2.24, 2.45) is 11.7 Å². The fraction of sp³-hybridized carbons (Fsp3) is 0.357. The van der Waals surface area contributed by atoms with Crippen molar-refractivity contribution in [1.82, 2.24) is 9.88 Å². The Labute approximate surface area is 127 Å². The fourth-order valence-corrected chi connectivity index (χ4v) is 2.31. The zero-order valence-electron chi connectivity index (χ0n) is 11.4. The lowest BCUT2D eigenvalue weighted by atomic mass is 10.1. The molecule has 0 bridgehead atoms. The van der Waals surface area contributed by atoms with Crippen LogP contribution in [0.5, 0.6) is 5.88 Å². The van der Waals surface area contributed by atoms with Crippen LogP contribution in [0.3, 0.4) is 0 Å². The van der Waals surface area contributed by atoms with E-state index in [1.165, 1.54) is 4.90 Å². The summed E-state index contributed by atoms with van der Waals surface area (Å²) in [5.74, 6) is -0.735. The molecule has 1 atom stereocenters. The second-order valence-corrected chi connectivity index (χ2v) is 5.13. The van der Waals surface area contributed by atoms with Gasteiger partial charge in [0.2, 0.25) is 11.8 Å². The summed E-state index contributed by atoms with van der Waals surface area (Å²) in [6.45, 7) is 4.58. The average molecular weight is 310 g/mol. The van der Waals surface area contributed by atoms with Crippen molar-refractivity contribution in [1.29, 1.82) is 0 Å². The Morgan fingerprint density at radius 2 is 2.33 bits per heavy atom. The topological polar surface area (TPSA) is 85.5 Å². The third-order valence-corrected chi connectivity index (χ3v) is 3.55. The molecular weight excluding hydrogens is 294 g/mol. The molecule has 1 saturated heterocycles. The Kier molecular flexibility index (Phi) is 4.80. The highest BCUT2D eigenvalue weighted by molar-refractivity contribution is 6.33. The van der Waals surface area contributed by atoms with Gasteiger partial charge in [-0.2, -0.15) is 0 Å². The number of amides is 2. The molecule has 7 heteroatoms. The number of carbonyl (C=O) groups is 2. The van der Waals surface area contributed by atoms with E-state index in [1.807, 2.05) is 0 Å². The molecule has 21 heavy (non-hydrogen) atoms. The molecule has 1 aliphatic rings. The summed E-state index contributed by atoms with van der Waals surface area (Å²) in [6.07, 6.45) is 2.14. The van der Waals surface area contributed by atoms with Crippen LogP contribution in [0.2, 0.25) is 5.02 Å². The molecule has 112 valence electrons. The van der Waals surface area contributed by atoms with Gasteiger partial charge in [-0.15, -0.1) is 0 Å². The standard InChI is InChI=1S/C14H16ClN3O3/c1-2-7-21-11-4-3-10(15)12(17-11)14(20)18-6-5-9(8-18)13(16)19/h2-4,9H,1,5-8H2,(H2,16,19)/t9-/m0/s1. The Bertz CT molecular complexity index is 577. The van der Waals surface area contributed by atoms with E-state index in [9.17, 15) is 9.59 Å². The second kappa shape index (κ2) is 6.58. The minimum absolute atomic E-state index is 0.114. The highest BCUT2D eigenvalue weighted by atomic mass is 35.5. The van der Waals surface area contributed by atoms with Gasteiger partial charge in [-0.05, 0) is 12.5 Å². The highest BCUT2D eigenvalue weighted by Crippen LogP contribution is 2.23. The summed E-state index contributed by atoms with van der Waals surface area (Å²) in [7, 11) is 0. The first-order chi connectivity index (χ1) is 10.0. The summed E-state index contributed by atoms with van der Waals surface area (Å²) in [5.41, 5.74) is 5.37. The van der Waals surface area contributed by atoms with Crippen molar-refractivity contribution in [2.75, 3.05) is 19.7 Å². The van der Waals surface area contributed by atoms with Gasteiger partial charge >= 0.3 is 0 Å². The summed E-state index contributed by atoms with van der Waals surface area (Å²) in [5, 5.41) is 0.244. The van der Waals surface area contributed by atoms with Gasteiger partial charge in [-0.25, -0.2) is 4.98 Å². The minimum atomic E-state index is -0.396. The number of aromatic nitrogens is 1. The molecule has 0 spiro atoms. The zero-order valence-corrected chi connectivity index (χ0v) is 12.2. The summed E-state index contributed by atoms with van der Waals surface area (Å²) >= 11 is 6.03. The monoisotopic (exact) mass is 309 g/mol. The van der Waals surface area contributed by atoms with Crippen molar-refractivity contribution >= 4 is 23.4 Å². The van der Waals surface area contributed by atoms with Crippen LogP contribution >= 0.6 is 11.6 Å². The molecule has 6 nitrogen and oxygen atoms in total. The first kappa shape index (κ1) is 15.3. The van der Waals surface area contributed by atoms with Gasteiger partial charge in [0.25, 0.3) is 5.91 Å². The largest absolute Gasteiger partial charge is 0.473 e. The lowest BCUT2D eigenvalue weighted by Gasteiger charge is -2.16. The van der Waals surface area contributed by atoms with E-state index in [1.54, 1.807) is 18.2 Å². The van der Waals surface area contributed by atoms with Gasteiger partial charge in [0, 0.05) is 19.2 Å². The van der Waals surface area contributed by atoms with Crippen molar-refractivity contribution in [2.45, 2.75) is 6.42 Å². The molecule has 0 aliphatic carbocycles. The summed E-state index contributed by atoms with van der Waals surface area (Å²) < 4.78 is 5.29. The molecule has 0 unspecified atom stereocenters. The number of pyridine rings is 1. The molecule has 0 aromatic carbocycles. The maximum Gasteiger partial charge on any atom is 0.274 e. The molecule has 1 aliphatic heterocycles. The smallest absolute Gasteiger partial charge is 0.274 e. The number of likely N-dealkylation sites (tertiary alicyclic amines) is 1. The van der Waals surface area contributed by atoms with Crippen LogP contribution in [0.15, 0.2) is 24.8 Å². The SMILES string of the molecule is C=CCOc1ccc(Cl)c(C(=O)N2CC[C@H](C(N)=O)C2)n1. The van der Waals surface area contributed by atoms with Gasteiger partial charge in [-0.1, -0.05) is 24.3 Å². The second-order valence-electron chi connectivity index (χ2n) is 4.72. The van der Waals surface area contributed by atoms with Gasteiger partial charge < -0.3 is 15.4 Å². The fourth-order valence-electron chi connectivity index (χ4n) is 2.13. The number of halogens is 1. The number of primary amides is 1. The predicted octanol–water partition coefficient (Wildman–Crippen LogP) is 1.25. The molecule has 0 radical (unpaired) electrons. The number of nitrogens with zero attached hydrogens (tertiary/aromatic N) is 2. The van der Waals surface area contributed by atoms with Crippen LogP contribution in [0.25, 0.3) is 0 Å². The molecule has 1 fully saturated rings. The van der Waals surface area contributed by atoms with E-state index in [0.29, 0.717) is 25.4 Å². The molecule has 2 heterocycles. The Hall–Kier alpha value is -2.08. The van der Waals surface area contributed by atoms with E-state index in [0.717, 1.165) is 0 Å². The number of rotatable bonds is 5. The van der Waals surface area contributed by atoms with Crippen molar-refractivity contribution < 1.29 is 14.3 Å². The lowest BCUT2D eigenvalue weighted by Crippen LogP contribution is -2.32. The Morgan fingerprint density at radius 3 is 2.95 bits per heavy atom. The summed E-state index contributed by atoms with van der Waals surface area (Å²) in [4.78, 5) is 29.2. The predicted molar refractivity (Wildman–Crippen MR) is 78.1 cm³/mol. The van der Waals surface area contributed by atoms with Gasteiger partial charge in [0.15, 0.2) is 5.69 Å². The van der Waals surface area contributed by atoms with E-state index < -0.39 is 5.91 Å². The number of hydrogen-bond donors (Lipinski definition) is 1. The average Bonchev–Trinajstić information content (AvgIpc) is 2.95. The van der Waals surface area contributed by atoms with E-state index in [4.69, 9.17) is 22.1 Å². The van der Waals surface area contributed by atoms with Crippen LogP contribution in [-0.4, -0.2) is 41.4 Å². The number of hydrogen-bond acceptors (Lipinski definition) is 4. The molecule has 2 amide bonds. The zero-order chi connectivity index (χ0) is 15.4. The normalized spacial score (nSPS) is 17.6. The molecule has 2 N–H and O–H groups in total. The highest BCUT2D eigenvalue weighted by Gasteiger charge is 2.31. The van der Waals surface area contributed by atoms with Crippen LogP contribution in [0.4, 0.5) is 0 Å². The van der Waals surface area contributed by atoms with Crippen LogP contribution in [0.1, 0.15) is 16.9 Å². The van der Waals surface area contributed by atoms with Gasteiger partial charge in [0.1, 0.15) is 6.61 Å². The van der Waals surface area contributed by atoms with Crippen LogP contribution in [0, 0.1) is 5.92 Å². The number of carbonyl (C=O) groups excluding carboxylic acids is 2. The van der Waals surface area contributed by atoms with Crippen LogP contribution < -0.4 is 10.5 Å². The summed E-state index contributed by atoms with van der Waals surface area (Å²) in [6, 6.07) is 3.14. The Morgan fingerprint density at radius 1 is 1.57 bits per heavy atom. The molecular formula is C14H16ClN3O3. The molecule has 0 saturated carbocycles. The molecule has 1 aromatic heterocycles. The van der Waals surface area contributed by atoms with Crippen molar-refractivity contribution in [3.05, 3.63) is 35.5 Å². The molecule has 1 aromatic rings. The maximum atomic E-state index is 12.4. The quantitative estimate of drug-likeness (QED) is 0.829. The van der Waals surface area contributed by atoms with Gasteiger partial charge in [-0.3, -0.25) is 9.59 Å². The first-order valence-electron chi connectivity index (χ1n) is 6.51. The third kappa shape index (κ3) is 3.52. The number of nitrogens with two attached hydrogens (primary N) is 1. The maximum absolute atomic E-state index is 12.4. The van der Waals surface area contributed by atoms with Crippen molar-refractivity contribution in [3.63, 3.8) is 0 Å². The lowest BCUT2D eigenvalue weighted by molar-refractivity contribution is -0.121. The first-order valence-corrected chi connectivity index (χ1v) is 6.89. The number of ether oxygens (including phenoxy) is 1. The van der Waals surface area contributed by atoms with E-state index >= 15 is 0 Å². The van der Waals surface area contributed by atoms with E-state index in [-0.39, 0.29) is 29.1 Å². The minimum Gasteiger partial charge on any atom is -0.473 e. The van der Waals surface area contributed by atoms with Crippen LogP contribution in [-0.2, 0) is 4.79 Å². The van der Waals surface area contributed by atoms with E-state index in [2.05, 4.69) is 11.6 Å².